The molecule has 1 rings (SSSR count). The highest BCUT2D eigenvalue weighted by molar-refractivity contribution is 7.02. The van der Waals surface area contributed by atoms with Gasteiger partial charge in [0.15, 0.2) is 0 Å². The molecule has 0 aliphatic carbocycles. The third kappa shape index (κ3) is 0.463. The molecule has 4 heteroatoms. The first-order valence-electron chi connectivity index (χ1n) is 1.44. The predicted molar refractivity (Wildman–Crippen MR) is 21.5 cm³/mol. The second kappa shape index (κ2) is 1.22. The third-order valence-electron chi connectivity index (χ3n) is 0.401. The van der Waals surface area contributed by atoms with Gasteiger partial charge in [0.05, 0.1) is 0 Å². The molecule has 0 amide bonds. The summed E-state index contributed by atoms with van der Waals surface area (Å²) in [5.74, 6) is 0. The van der Waals surface area contributed by atoms with E-state index in [9.17, 15) is 4.79 Å². The van der Waals surface area contributed by atoms with Gasteiger partial charge in [-0.2, -0.15) is 0 Å². The molecule has 1 aromatic heterocycles. The zero-order valence-corrected chi connectivity index (χ0v) is 3.71. The minimum atomic E-state index is 0.0231. The minimum absolute atomic E-state index is 0.0231. The third-order valence-corrected chi connectivity index (χ3v) is 0.940. The summed E-state index contributed by atoms with van der Waals surface area (Å²) in [5.41, 5.74) is 0. The van der Waals surface area contributed by atoms with Crippen molar-refractivity contribution >= 4 is 11.5 Å². The molecule has 32 valence electrons. The van der Waals surface area contributed by atoms with Crippen molar-refractivity contribution in [1.82, 2.24) is 4.49 Å². The first kappa shape index (κ1) is 3.55. The van der Waals surface area contributed by atoms with Crippen LogP contribution in [0.2, 0.25) is 0 Å². The number of hydrogen-bond acceptors (Lipinski definition) is 2. The first-order valence-corrected chi connectivity index (χ1v) is 2.26. The molecule has 0 unspecified atom stereocenters. The fraction of sp³-hybridized carbons (Fsp3) is 0. The van der Waals surface area contributed by atoms with Crippen LogP contribution in [0, 0.1) is 0 Å². The number of aromatic nitrogens is 2. The van der Waals surface area contributed by atoms with E-state index in [0.717, 1.165) is 11.5 Å². The van der Waals surface area contributed by atoms with E-state index in [1.54, 1.807) is 0 Å². The van der Waals surface area contributed by atoms with Gasteiger partial charge in [0.2, 0.25) is 0 Å². The zero-order valence-electron chi connectivity index (χ0n) is 2.89. The lowest BCUT2D eigenvalue weighted by Gasteiger charge is -1.39. The number of aromatic amines is 2. The van der Waals surface area contributed by atoms with Crippen molar-refractivity contribution < 1.29 is 5.10 Å². The number of rotatable bonds is 0. The highest BCUT2D eigenvalue weighted by Gasteiger charge is 1.82. The molecule has 2 N–H and O–H groups in total. The second-order valence-electron chi connectivity index (χ2n) is 0.812. The Balaban J connectivity index is 3.41. The normalized spacial score (nSPS) is 8.67. The van der Waals surface area contributed by atoms with E-state index in [2.05, 4.69) is 9.59 Å². The molecule has 0 atom stereocenters. The van der Waals surface area contributed by atoms with E-state index in [1.807, 2.05) is 0 Å². The van der Waals surface area contributed by atoms with Gasteiger partial charge in [0.25, 0.3) is 6.20 Å². The van der Waals surface area contributed by atoms with Gasteiger partial charge >= 0.3 is 4.74 Å². The summed E-state index contributed by atoms with van der Waals surface area (Å²) >= 11 is 1.04. The Labute approximate surface area is 37.8 Å². The second-order valence-corrected chi connectivity index (χ2v) is 1.62. The van der Waals surface area contributed by atoms with Crippen LogP contribution < -0.4 is 9.84 Å². The number of nitrogens with one attached hydrogen (secondary N) is 2. The molecule has 0 aliphatic heterocycles. The molecule has 0 spiro atoms. The van der Waals surface area contributed by atoms with Crippen LogP contribution >= 0.6 is 11.5 Å². The van der Waals surface area contributed by atoms with Crippen LogP contribution in [0.1, 0.15) is 0 Å². The standard InChI is InChI=1S/C2H2N2OS/c5-2-1-3-4-6-2/h1,4H/p+1. The summed E-state index contributed by atoms with van der Waals surface area (Å²) in [4.78, 5) is 10.0. The van der Waals surface area contributed by atoms with Crippen LogP contribution in [0.4, 0.5) is 0 Å². The van der Waals surface area contributed by atoms with E-state index >= 15 is 0 Å². The van der Waals surface area contributed by atoms with Crippen LogP contribution in [-0.4, -0.2) is 4.49 Å². The highest BCUT2D eigenvalue weighted by Crippen LogP contribution is 1.59. The Morgan fingerprint density at radius 1 is 2.00 bits per heavy atom. The Morgan fingerprint density at radius 2 is 2.83 bits per heavy atom. The first-order chi connectivity index (χ1) is 2.89. The van der Waals surface area contributed by atoms with Gasteiger partial charge in [0, 0.05) is 11.5 Å². The minimum Gasteiger partial charge on any atom is -0.269 e. The van der Waals surface area contributed by atoms with E-state index in [-0.39, 0.29) is 4.74 Å². The molecule has 0 radical (unpaired) electrons. The summed E-state index contributed by atoms with van der Waals surface area (Å²) < 4.78 is 2.56. The van der Waals surface area contributed by atoms with E-state index in [0.29, 0.717) is 0 Å². The molecule has 0 saturated carbocycles. The number of hydrogen-bond donors (Lipinski definition) is 1. The largest absolute Gasteiger partial charge is 0.318 e. The van der Waals surface area contributed by atoms with Gasteiger partial charge in [0.1, 0.15) is 0 Å². The van der Waals surface area contributed by atoms with Crippen molar-refractivity contribution in [3.63, 3.8) is 0 Å². The molecule has 0 aromatic carbocycles. The maximum atomic E-state index is 10.0. The van der Waals surface area contributed by atoms with Gasteiger partial charge in [-0.1, -0.05) is 0 Å². The topological polar surface area (TPSA) is 47.0 Å². The van der Waals surface area contributed by atoms with Gasteiger partial charge in [-0.3, -0.25) is 4.79 Å². The molecule has 0 saturated heterocycles. The molecule has 3 nitrogen and oxygen atoms in total. The summed E-state index contributed by atoms with van der Waals surface area (Å²) in [7, 11) is 0. The summed E-state index contributed by atoms with van der Waals surface area (Å²) in [6.45, 7) is 0. The molecular formula is C2H3N2OS+. The summed E-state index contributed by atoms with van der Waals surface area (Å²) in [5, 5.41) is 2.51. The molecule has 0 aliphatic rings. The van der Waals surface area contributed by atoms with Crippen molar-refractivity contribution in [3.8, 4) is 0 Å². The highest BCUT2D eigenvalue weighted by atomic mass is 32.1. The Morgan fingerprint density at radius 3 is 3.00 bits per heavy atom. The van der Waals surface area contributed by atoms with Crippen molar-refractivity contribution in [2.24, 2.45) is 0 Å². The SMILES string of the molecule is O=c1c[nH+][nH]s1. The molecule has 0 bridgehead atoms. The molecule has 1 heterocycles. The van der Waals surface area contributed by atoms with Crippen molar-refractivity contribution in [2.75, 3.05) is 0 Å². The predicted octanol–water partition coefficient (Wildman–Crippen LogP) is -0.750. The van der Waals surface area contributed by atoms with Gasteiger partial charge in [-0.15, -0.1) is 9.59 Å². The van der Waals surface area contributed by atoms with Crippen molar-refractivity contribution in [3.05, 3.63) is 15.7 Å². The van der Waals surface area contributed by atoms with E-state index in [1.165, 1.54) is 6.20 Å². The molecule has 6 heavy (non-hydrogen) atoms. The lowest BCUT2D eigenvalue weighted by molar-refractivity contribution is -0.443. The summed E-state index contributed by atoms with van der Waals surface area (Å²) in [6, 6.07) is 0. The van der Waals surface area contributed by atoms with Gasteiger partial charge in [-0.25, -0.2) is 0 Å². The lowest BCUT2D eigenvalue weighted by Crippen LogP contribution is -1.99. The molecule has 0 fully saturated rings. The van der Waals surface area contributed by atoms with Crippen LogP contribution in [0.15, 0.2) is 11.0 Å². The lowest BCUT2D eigenvalue weighted by atomic mass is 11.0. The maximum Gasteiger partial charge on any atom is 0.318 e. The quantitative estimate of drug-likeness (QED) is 0.461. The zero-order chi connectivity index (χ0) is 4.41. The van der Waals surface area contributed by atoms with Gasteiger partial charge < -0.3 is 0 Å². The van der Waals surface area contributed by atoms with E-state index < -0.39 is 0 Å². The fourth-order valence-corrected chi connectivity index (χ4v) is 0.534. The fourth-order valence-electron chi connectivity index (χ4n) is 0.198. The molecular weight excluding hydrogens is 100 g/mol. The smallest absolute Gasteiger partial charge is 0.269 e. The number of H-pyrrole nitrogens is 2. The maximum absolute atomic E-state index is 10.0. The average molecular weight is 103 g/mol. The summed E-state index contributed by atoms with van der Waals surface area (Å²) in [6.07, 6.45) is 1.37. The Bertz CT molecular complexity index is 149. The Kier molecular flexibility index (Phi) is 0.719. The Hall–Kier alpha value is -0.640. The van der Waals surface area contributed by atoms with Crippen LogP contribution in [0.3, 0.4) is 0 Å². The van der Waals surface area contributed by atoms with Crippen LogP contribution in [0.5, 0.6) is 0 Å². The average Bonchev–Trinajstić information content (AvgIpc) is 1.86. The monoisotopic (exact) mass is 103 g/mol. The van der Waals surface area contributed by atoms with Crippen LogP contribution in [-0.2, 0) is 0 Å². The van der Waals surface area contributed by atoms with Crippen molar-refractivity contribution in [2.45, 2.75) is 0 Å². The van der Waals surface area contributed by atoms with Gasteiger partial charge in [-0.05, 0) is 0 Å². The van der Waals surface area contributed by atoms with Crippen LogP contribution in [0.25, 0.3) is 0 Å². The molecule has 1 aromatic rings. The van der Waals surface area contributed by atoms with E-state index in [4.69, 9.17) is 0 Å². The van der Waals surface area contributed by atoms with Crippen molar-refractivity contribution in [1.29, 1.82) is 0 Å².